The van der Waals surface area contributed by atoms with Gasteiger partial charge < -0.3 is 14.8 Å². The topological polar surface area (TPSA) is 30.5 Å². The van der Waals surface area contributed by atoms with Crippen LogP contribution in [0.4, 0.5) is 0 Å². The summed E-state index contributed by atoms with van der Waals surface area (Å²) in [6, 6.07) is 2.39. The zero-order valence-electron chi connectivity index (χ0n) is 9.86. The van der Waals surface area contributed by atoms with Crippen molar-refractivity contribution in [2.24, 2.45) is 5.92 Å². The molecule has 1 aliphatic rings. The standard InChI is InChI=1S/C12H19NO2S/c1-13-11(9-4-3-6-15-8-9)12-10(14-2)5-7-16-12/h5,7,9,11,13H,3-4,6,8H2,1-2H3. The maximum atomic E-state index is 5.56. The molecule has 0 radical (unpaired) electrons. The molecule has 2 rings (SSSR count). The van der Waals surface area contributed by atoms with Gasteiger partial charge in [0.15, 0.2) is 0 Å². The van der Waals surface area contributed by atoms with Crippen LogP contribution in [0, 0.1) is 5.92 Å². The highest BCUT2D eigenvalue weighted by Gasteiger charge is 2.27. The van der Waals surface area contributed by atoms with Gasteiger partial charge in [0.1, 0.15) is 5.75 Å². The highest BCUT2D eigenvalue weighted by atomic mass is 32.1. The number of hydrogen-bond donors (Lipinski definition) is 1. The monoisotopic (exact) mass is 241 g/mol. The summed E-state index contributed by atoms with van der Waals surface area (Å²) in [5, 5.41) is 5.48. The van der Waals surface area contributed by atoms with Crippen LogP contribution in [0.25, 0.3) is 0 Å². The average molecular weight is 241 g/mol. The molecule has 1 N–H and O–H groups in total. The Morgan fingerprint density at radius 1 is 1.62 bits per heavy atom. The summed E-state index contributed by atoms with van der Waals surface area (Å²) < 4.78 is 10.9. The summed E-state index contributed by atoms with van der Waals surface area (Å²) in [6.45, 7) is 1.76. The van der Waals surface area contributed by atoms with Crippen molar-refractivity contribution in [2.75, 3.05) is 27.4 Å². The normalized spacial score (nSPS) is 23.0. The fourth-order valence-corrected chi connectivity index (χ4v) is 3.38. The Kier molecular flexibility index (Phi) is 4.21. The van der Waals surface area contributed by atoms with Gasteiger partial charge in [-0.1, -0.05) is 0 Å². The zero-order chi connectivity index (χ0) is 11.4. The van der Waals surface area contributed by atoms with Gasteiger partial charge in [0.25, 0.3) is 0 Å². The van der Waals surface area contributed by atoms with E-state index in [1.54, 1.807) is 18.4 Å². The van der Waals surface area contributed by atoms with E-state index in [-0.39, 0.29) is 0 Å². The molecule has 0 bridgehead atoms. The molecule has 3 nitrogen and oxygen atoms in total. The summed E-state index contributed by atoms with van der Waals surface area (Å²) >= 11 is 1.76. The average Bonchev–Trinajstić information content (AvgIpc) is 2.80. The fraction of sp³-hybridized carbons (Fsp3) is 0.667. The molecule has 0 amide bonds. The third kappa shape index (κ3) is 2.39. The van der Waals surface area contributed by atoms with Gasteiger partial charge in [-0.2, -0.15) is 0 Å². The van der Waals surface area contributed by atoms with Crippen LogP contribution in [-0.4, -0.2) is 27.4 Å². The summed E-state index contributed by atoms with van der Waals surface area (Å²) in [4.78, 5) is 1.29. The predicted octanol–water partition coefficient (Wildman–Crippen LogP) is 2.44. The molecule has 90 valence electrons. The molecule has 0 saturated carbocycles. The van der Waals surface area contributed by atoms with E-state index >= 15 is 0 Å². The van der Waals surface area contributed by atoms with E-state index in [0.29, 0.717) is 12.0 Å². The second-order valence-corrected chi connectivity index (χ2v) is 5.04. The number of thiophene rings is 1. The highest BCUT2D eigenvalue weighted by Crippen LogP contribution is 2.37. The first-order valence-electron chi connectivity index (χ1n) is 5.73. The number of rotatable bonds is 4. The lowest BCUT2D eigenvalue weighted by atomic mass is 9.92. The molecule has 2 atom stereocenters. The summed E-state index contributed by atoms with van der Waals surface area (Å²) in [5.74, 6) is 1.56. The van der Waals surface area contributed by atoms with Gasteiger partial charge in [-0.3, -0.25) is 0 Å². The summed E-state index contributed by atoms with van der Waals surface area (Å²) in [6.07, 6.45) is 2.39. The highest BCUT2D eigenvalue weighted by molar-refractivity contribution is 7.10. The van der Waals surface area contributed by atoms with E-state index in [0.717, 1.165) is 25.4 Å². The van der Waals surface area contributed by atoms with Crippen molar-refractivity contribution in [3.63, 3.8) is 0 Å². The maximum Gasteiger partial charge on any atom is 0.134 e. The number of hydrogen-bond acceptors (Lipinski definition) is 4. The molecule has 2 heterocycles. The first-order chi connectivity index (χ1) is 7.86. The Morgan fingerprint density at radius 3 is 3.12 bits per heavy atom. The molecule has 0 aliphatic carbocycles. The molecule has 1 fully saturated rings. The first-order valence-corrected chi connectivity index (χ1v) is 6.61. The first kappa shape index (κ1) is 11.9. The SMILES string of the molecule is CNC(c1sccc1OC)C1CCCOC1. The summed E-state index contributed by atoms with van der Waals surface area (Å²) in [5.41, 5.74) is 0. The van der Waals surface area contributed by atoms with Gasteiger partial charge >= 0.3 is 0 Å². The van der Waals surface area contributed by atoms with Gasteiger partial charge in [0, 0.05) is 12.5 Å². The largest absolute Gasteiger partial charge is 0.496 e. The molecule has 1 saturated heterocycles. The molecule has 1 aromatic rings. The molecule has 2 unspecified atom stereocenters. The molecule has 0 spiro atoms. The van der Waals surface area contributed by atoms with Crippen LogP contribution in [0.1, 0.15) is 23.8 Å². The van der Waals surface area contributed by atoms with Crippen molar-refractivity contribution in [3.05, 3.63) is 16.3 Å². The molecular weight excluding hydrogens is 222 g/mol. The molecule has 1 aliphatic heterocycles. The smallest absolute Gasteiger partial charge is 0.134 e. The van der Waals surface area contributed by atoms with Crippen LogP contribution in [0.3, 0.4) is 0 Å². The minimum atomic E-state index is 0.357. The molecule has 1 aromatic heterocycles. The third-order valence-electron chi connectivity index (χ3n) is 3.14. The van der Waals surface area contributed by atoms with Gasteiger partial charge in [-0.25, -0.2) is 0 Å². The molecule has 4 heteroatoms. The fourth-order valence-electron chi connectivity index (χ4n) is 2.31. The van der Waals surface area contributed by atoms with E-state index in [1.165, 1.54) is 11.3 Å². The van der Waals surface area contributed by atoms with E-state index < -0.39 is 0 Å². The number of ether oxygens (including phenoxy) is 2. The number of methoxy groups -OCH3 is 1. The molecule has 16 heavy (non-hydrogen) atoms. The van der Waals surface area contributed by atoms with E-state index in [9.17, 15) is 0 Å². The predicted molar refractivity (Wildman–Crippen MR) is 66.2 cm³/mol. The van der Waals surface area contributed by atoms with Crippen LogP contribution in [0.5, 0.6) is 5.75 Å². The van der Waals surface area contributed by atoms with Gasteiger partial charge in [-0.15, -0.1) is 11.3 Å². The van der Waals surface area contributed by atoms with Gasteiger partial charge in [0.2, 0.25) is 0 Å². The maximum absolute atomic E-state index is 5.56. The second kappa shape index (κ2) is 5.66. The van der Waals surface area contributed by atoms with E-state index in [1.807, 2.05) is 13.1 Å². The lowest BCUT2D eigenvalue weighted by Gasteiger charge is -2.29. The van der Waals surface area contributed by atoms with Gasteiger partial charge in [0.05, 0.1) is 24.6 Å². The minimum Gasteiger partial charge on any atom is -0.496 e. The Balaban J connectivity index is 2.14. The van der Waals surface area contributed by atoms with Gasteiger partial charge in [-0.05, 0) is 31.3 Å². The van der Waals surface area contributed by atoms with Crippen molar-refractivity contribution < 1.29 is 9.47 Å². The Morgan fingerprint density at radius 2 is 2.50 bits per heavy atom. The zero-order valence-corrected chi connectivity index (χ0v) is 10.7. The van der Waals surface area contributed by atoms with Crippen molar-refractivity contribution in [2.45, 2.75) is 18.9 Å². The molecule has 0 aromatic carbocycles. The minimum absolute atomic E-state index is 0.357. The Hall–Kier alpha value is -0.580. The van der Waals surface area contributed by atoms with E-state index in [4.69, 9.17) is 9.47 Å². The second-order valence-electron chi connectivity index (χ2n) is 4.10. The van der Waals surface area contributed by atoms with Crippen LogP contribution in [0.2, 0.25) is 0 Å². The lowest BCUT2D eigenvalue weighted by molar-refractivity contribution is 0.0404. The molecular formula is C12H19NO2S. The van der Waals surface area contributed by atoms with Crippen molar-refractivity contribution in [1.82, 2.24) is 5.32 Å². The van der Waals surface area contributed by atoms with Crippen LogP contribution >= 0.6 is 11.3 Å². The van der Waals surface area contributed by atoms with Crippen LogP contribution in [0.15, 0.2) is 11.4 Å². The Labute approximate surface area is 101 Å². The van der Waals surface area contributed by atoms with E-state index in [2.05, 4.69) is 10.7 Å². The van der Waals surface area contributed by atoms with Crippen molar-refractivity contribution >= 4 is 11.3 Å². The van der Waals surface area contributed by atoms with Crippen LogP contribution in [-0.2, 0) is 4.74 Å². The Bertz CT molecular complexity index is 321. The van der Waals surface area contributed by atoms with Crippen LogP contribution < -0.4 is 10.1 Å². The van der Waals surface area contributed by atoms with Crippen molar-refractivity contribution in [3.8, 4) is 5.75 Å². The third-order valence-corrected chi connectivity index (χ3v) is 4.12. The number of nitrogens with one attached hydrogen (secondary N) is 1. The van der Waals surface area contributed by atoms with Crippen molar-refractivity contribution in [1.29, 1.82) is 0 Å². The summed E-state index contributed by atoms with van der Waals surface area (Å²) in [7, 11) is 3.74. The quantitative estimate of drug-likeness (QED) is 0.878. The lowest BCUT2D eigenvalue weighted by Crippen LogP contribution is -2.31.